The summed E-state index contributed by atoms with van der Waals surface area (Å²) in [6, 6.07) is 31.9. The Bertz CT molecular complexity index is 1670. The van der Waals surface area contributed by atoms with Gasteiger partial charge in [0.2, 0.25) is 0 Å². The number of benzene rings is 4. The SMILES string of the molecule is C=C/C(=C(\C=CC)C(=C)c1ccc(-n2c(C(C)C)nc3ccccc32)cc1)c1cccc2ccccc12. The Morgan fingerprint density at radius 1 is 0.865 bits per heavy atom. The first-order valence-corrected chi connectivity index (χ1v) is 12.8. The van der Waals surface area contributed by atoms with Gasteiger partial charge in [-0.1, -0.05) is 112 Å². The van der Waals surface area contributed by atoms with Crippen LogP contribution in [0.15, 0.2) is 128 Å². The second-order valence-corrected chi connectivity index (χ2v) is 9.53. The molecule has 0 N–H and O–H groups in total. The van der Waals surface area contributed by atoms with E-state index in [2.05, 4.69) is 129 Å². The molecular formula is C35H32N2. The summed E-state index contributed by atoms with van der Waals surface area (Å²) < 4.78 is 2.26. The Hall–Kier alpha value is -4.43. The Balaban J connectivity index is 1.60. The Kier molecular flexibility index (Phi) is 6.74. The smallest absolute Gasteiger partial charge is 0.117 e. The summed E-state index contributed by atoms with van der Waals surface area (Å²) in [5.41, 5.74) is 8.58. The summed E-state index contributed by atoms with van der Waals surface area (Å²) in [5.74, 6) is 1.37. The highest BCUT2D eigenvalue weighted by atomic mass is 15.1. The van der Waals surface area contributed by atoms with E-state index >= 15 is 0 Å². The van der Waals surface area contributed by atoms with Crippen molar-refractivity contribution in [1.82, 2.24) is 9.55 Å². The molecule has 0 spiro atoms. The molecule has 182 valence electrons. The number of fused-ring (bicyclic) bond motifs is 2. The van der Waals surface area contributed by atoms with E-state index < -0.39 is 0 Å². The molecule has 0 saturated heterocycles. The molecule has 4 aromatic carbocycles. The maximum Gasteiger partial charge on any atom is 0.117 e. The third-order valence-electron chi connectivity index (χ3n) is 6.81. The van der Waals surface area contributed by atoms with Crippen molar-refractivity contribution in [3.8, 4) is 5.69 Å². The molecule has 1 aromatic heterocycles. The van der Waals surface area contributed by atoms with Crippen LogP contribution in [-0.2, 0) is 0 Å². The second kappa shape index (κ2) is 10.3. The average molecular weight is 481 g/mol. The number of allylic oxidation sites excluding steroid dienone is 6. The Morgan fingerprint density at radius 3 is 2.30 bits per heavy atom. The van der Waals surface area contributed by atoms with Crippen molar-refractivity contribution in [2.45, 2.75) is 26.7 Å². The number of hydrogen-bond donors (Lipinski definition) is 0. The lowest BCUT2D eigenvalue weighted by atomic mass is 9.89. The fourth-order valence-corrected chi connectivity index (χ4v) is 5.02. The summed E-state index contributed by atoms with van der Waals surface area (Å²) >= 11 is 0. The third-order valence-corrected chi connectivity index (χ3v) is 6.81. The quantitative estimate of drug-likeness (QED) is 0.212. The van der Waals surface area contributed by atoms with E-state index in [1.807, 2.05) is 19.1 Å². The highest BCUT2D eigenvalue weighted by Gasteiger charge is 2.16. The summed E-state index contributed by atoms with van der Waals surface area (Å²) in [6.07, 6.45) is 6.15. The van der Waals surface area contributed by atoms with E-state index in [9.17, 15) is 0 Å². The largest absolute Gasteiger partial charge is 0.296 e. The van der Waals surface area contributed by atoms with Crippen LogP contribution < -0.4 is 0 Å². The normalized spacial score (nSPS) is 12.4. The standard InChI is InChI=1S/C35H32N2/c1-6-13-30(29(7-2)32-17-12-15-27-14-8-9-16-31(27)32)25(5)26-20-22-28(23-21-26)37-34-19-11-10-18-33(34)36-35(37)24(3)4/h6-24H,2,5H2,1,3-4H3/b13-6?,30-29-. The van der Waals surface area contributed by atoms with E-state index in [0.717, 1.165) is 50.4 Å². The van der Waals surface area contributed by atoms with Gasteiger partial charge in [-0.2, -0.15) is 0 Å². The number of hydrogen-bond acceptors (Lipinski definition) is 1. The lowest BCUT2D eigenvalue weighted by Crippen LogP contribution is -2.03. The molecule has 0 fully saturated rings. The van der Waals surface area contributed by atoms with Crippen molar-refractivity contribution >= 4 is 33.0 Å². The fraction of sp³-hybridized carbons (Fsp3) is 0.114. The average Bonchev–Trinajstić information content (AvgIpc) is 3.33. The van der Waals surface area contributed by atoms with Crippen molar-refractivity contribution in [3.05, 3.63) is 145 Å². The van der Waals surface area contributed by atoms with Gasteiger partial charge in [-0.05, 0) is 69.8 Å². The molecule has 1 heterocycles. The van der Waals surface area contributed by atoms with Crippen LogP contribution in [0.25, 0.3) is 38.6 Å². The van der Waals surface area contributed by atoms with Crippen LogP contribution in [0.5, 0.6) is 0 Å². The van der Waals surface area contributed by atoms with E-state index in [1.165, 1.54) is 10.8 Å². The minimum absolute atomic E-state index is 0.308. The van der Waals surface area contributed by atoms with Crippen molar-refractivity contribution < 1.29 is 0 Å². The topological polar surface area (TPSA) is 17.8 Å². The second-order valence-electron chi connectivity index (χ2n) is 9.53. The van der Waals surface area contributed by atoms with E-state index in [-0.39, 0.29) is 0 Å². The van der Waals surface area contributed by atoms with Gasteiger partial charge < -0.3 is 0 Å². The van der Waals surface area contributed by atoms with E-state index in [4.69, 9.17) is 4.98 Å². The predicted molar refractivity (Wildman–Crippen MR) is 160 cm³/mol. The zero-order valence-electron chi connectivity index (χ0n) is 21.8. The minimum atomic E-state index is 0.308. The lowest BCUT2D eigenvalue weighted by molar-refractivity contribution is 0.760. The van der Waals surface area contributed by atoms with Crippen molar-refractivity contribution in [1.29, 1.82) is 0 Å². The van der Waals surface area contributed by atoms with Crippen LogP contribution in [0.1, 0.15) is 43.6 Å². The molecule has 37 heavy (non-hydrogen) atoms. The van der Waals surface area contributed by atoms with Crippen LogP contribution in [0, 0.1) is 0 Å². The van der Waals surface area contributed by atoms with Gasteiger partial charge in [0.1, 0.15) is 5.82 Å². The summed E-state index contributed by atoms with van der Waals surface area (Å²) in [5, 5.41) is 2.42. The van der Waals surface area contributed by atoms with Crippen LogP contribution in [0.3, 0.4) is 0 Å². The van der Waals surface area contributed by atoms with Gasteiger partial charge in [-0.15, -0.1) is 0 Å². The lowest BCUT2D eigenvalue weighted by Gasteiger charge is -2.16. The first-order chi connectivity index (χ1) is 18.0. The van der Waals surface area contributed by atoms with Gasteiger partial charge >= 0.3 is 0 Å². The van der Waals surface area contributed by atoms with Crippen LogP contribution in [0.2, 0.25) is 0 Å². The molecule has 5 rings (SSSR count). The minimum Gasteiger partial charge on any atom is -0.296 e. The zero-order chi connectivity index (χ0) is 25.9. The number of rotatable bonds is 7. The van der Waals surface area contributed by atoms with E-state index in [0.29, 0.717) is 5.92 Å². The molecule has 2 heteroatoms. The molecule has 0 radical (unpaired) electrons. The van der Waals surface area contributed by atoms with Crippen molar-refractivity contribution in [2.24, 2.45) is 0 Å². The first kappa shape index (κ1) is 24.3. The number of imidazole rings is 1. The van der Waals surface area contributed by atoms with Gasteiger partial charge in [0.05, 0.1) is 11.0 Å². The number of aromatic nitrogens is 2. The molecule has 0 aliphatic heterocycles. The molecule has 0 aliphatic rings. The van der Waals surface area contributed by atoms with Gasteiger partial charge in [-0.25, -0.2) is 4.98 Å². The van der Waals surface area contributed by atoms with Gasteiger partial charge in [0, 0.05) is 11.6 Å². The monoisotopic (exact) mass is 480 g/mol. The first-order valence-electron chi connectivity index (χ1n) is 12.8. The maximum absolute atomic E-state index is 4.91. The Labute approximate surface area is 219 Å². The molecule has 2 nitrogen and oxygen atoms in total. The van der Waals surface area contributed by atoms with Crippen molar-refractivity contribution in [3.63, 3.8) is 0 Å². The van der Waals surface area contributed by atoms with Gasteiger partial charge in [0.15, 0.2) is 0 Å². The molecule has 0 saturated carbocycles. The number of nitrogens with zero attached hydrogens (tertiary/aromatic N) is 2. The van der Waals surface area contributed by atoms with Crippen molar-refractivity contribution in [2.75, 3.05) is 0 Å². The van der Waals surface area contributed by atoms with Crippen LogP contribution in [-0.4, -0.2) is 9.55 Å². The Morgan fingerprint density at radius 2 is 1.57 bits per heavy atom. The molecule has 0 aliphatic carbocycles. The molecule has 5 aromatic rings. The zero-order valence-corrected chi connectivity index (χ0v) is 21.8. The maximum atomic E-state index is 4.91. The molecule has 0 atom stereocenters. The van der Waals surface area contributed by atoms with E-state index in [1.54, 1.807) is 0 Å². The molecule has 0 amide bonds. The highest BCUT2D eigenvalue weighted by molar-refractivity contribution is 6.02. The third kappa shape index (κ3) is 4.47. The van der Waals surface area contributed by atoms with Gasteiger partial charge in [-0.3, -0.25) is 4.57 Å². The summed E-state index contributed by atoms with van der Waals surface area (Å²) in [7, 11) is 0. The highest BCUT2D eigenvalue weighted by Crippen LogP contribution is 2.35. The van der Waals surface area contributed by atoms with Crippen LogP contribution in [0.4, 0.5) is 0 Å². The van der Waals surface area contributed by atoms with Crippen LogP contribution >= 0.6 is 0 Å². The summed E-state index contributed by atoms with van der Waals surface area (Å²) in [4.78, 5) is 4.91. The number of para-hydroxylation sites is 2. The van der Waals surface area contributed by atoms with Gasteiger partial charge in [0.25, 0.3) is 0 Å². The molecule has 0 unspecified atom stereocenters. The molecular weight excluding hydrogens is 448 g/mol. The molecule has 0 bridgehead atoms. The predicted octanol–water partition coefficient (Wildman–Crippen LogP) is 9.53. The summed E-state index contributed by atoms with van der Waals surface area (Å²) in [6.45, 7) is 15.1. The fourth-order valence-electron chi connectivity index (χ4n) is 5.02.